The predicted octanol–water partition coefficient (Wildman–Crippen LogP) is 1.63. The topological polar surface area (TPSA) is 99.4 Å². The Labute approximate surface area is 156 Å². The van der Waals surface area contributed by atoms with Gasteiger partial charge in [-0.25, -0.2) is 0 Å². The standard InChI is InChI=1S/C18H36O6S/c1-2-3-4-5-6-7-8-9-10-13(25)12-23-18-17(22)16(21)15(20)14(11-19)24-18/h13-22,25H,2-12H2,1H3/t13?,14-,15-,16+,17-,18+/m1/s1. The van der Waals surface area contributed by atoms with Crippen LogP contribution in [0.3, 0.4) is 0 Å². The Morgan fingerprint density at radius 1 is 0.920 bits per heavy atom. The molecule has 1 fully saturated rings. The fourth-order valence-electron chi connectivity index (χ4n) is 3.01. The molecular weight excluding hydrogens is 344 g/mol. The second kappa shape index (κ2) is 13.3. The van der Waals surface area contributed by atoms with Crippen molar-refractivity contribution in [3.05, 3.63) is 0 Å². The van der Waals surface area contributed by atoms with Gasteiger partial charge in [0.15, 0.2) is 6.29 Å². The predicted molar refractivity (Wildman–Crippen MR) is 99.7 cm³/mol. The monoisotopic (exact) mass is 380 g/mol. The molecule has 25 heavy (non-hydrogen) atoms. The molecular formula is C18H36O6S. The number of aliphatic hydroxyl groups excluding tert-OH is 4. The van der Waals surface area contributed by atoms with Crippen molar-refractivity contribution in [2.45, 2.75) is 101 Å². The third-order valence-electron chi connectivity index (χ3n) is 4.69. The first-order valence-electron chi connectivity index (χ1n) is 9.61. The molecule has 6 nitrogen and oxygen atoms in total. The molecule has 0 aromatic rings. The summed E-state index contributed by atoms with van der Waals surface area (Å²) < 4.78 is 10.8. The Morgan fingerprint density at radius 3 is 2.12 bits per heavy atom. The summed E-state index contributed by atoms with van der Waals surface area (Å²) in [5.41, 5.74) is 0. The molecule has 0 aromatic carbocycles. The van der Waals surface area contributed by atoms with Crippen LogP contribution in [0.4, 0.5) is 0 Å². The lowest BCUT2D eigenvalue weighted by molar-refractivity contribution is -0.300. The number of rotatable bonds is 13. The molecule has 0 saturated carbocycles. The zero-order chi connectivity index (χ0) is 18.7. The minimum Gasteiger partial charge on any atom is -0.394 e. The van der Waals surface area contributed by atoms with Gasteiger partial charge in [-0.3, -0.25) is 0 Å². The van der Waals surface area contributed by atoms with Crippen LogP contribution in [-0.2, 0) is 9.47 Å². The van der Waals surface area contributed by atoms with Crippen molar-refractivity contribution in [2.75, 3.05) is 13.2 Å². The molecule has 1 rings (SSSR count). The molecule has 7 heteroatoms. The largest absolute Gasteiger partial charge is 0.394 e. The summed E-state index contributed by atoms with van der Waals surface area (Å²) in [5.74, 6) is 0. The summed E-state index contributed by atoms with van der Waals surface area (Å²) >= 11 is 4.49. The Morgan fingerprint density at radius 2 is 1.52 bits per heavy atom. The van der Waals surface area contributed by atoms with Crippen LogP contribution in [-0.4, -0.2) is 69.6 Å². The van der Waals surface area contributed by atoms with Gasteiger partial charge in [-0.1, -0.05) is 58.3 Å². The maximum atomic E-state index is 9.90. The van der Waals surface area contributed by atoms with Gasteiger partial charge in [0.25, 0.3) is 0 Å². The lowest BCUT2D eigenvalue weighted by Crippen LogP contribution is -2.59. The van der Waals surface area contributed by atoms with Gasteiger partial charge in [0, 0.05) is 5.25 Å². The molecule has 0 amide bonds. The maximum Gasteiger partial charge on any atom is 0.186 e. The number of ether oxygens (including phenoxy) is 2. The van der Waals surface area contributed by atoms with Gasteiger partial charge in [-0.15, -0.1) is 0 Å². The molecule has 0 spiro atoms. The highest BCUT2D eigenvalue weighted by Crippen LogP contribution is 2.23. The van der Waals surface area contributed by atoms with Crippen LogP contribution in [0.25, 0.3) is 0 Å². The van der Waals surface area contributed by atoms with Crippen molar-refractivity contribution in [1.82, 2.24) is 0 Å². The summed E-state index contributed by atoms with van der Waals surface area (Å²) in [5, 5.41) is 38.5. The minimum atomic E-state index is -1.40. The summed E-state index contributed by atoms with van der Waals surface area (Å²) in [6.45, 7) is 2.05. The maximum absolute atomic E-state index is 9.90. The molecule has 1 aliphatic heterocycles. The minimum absolute atomic E-state index is 0.0208. The molecule has 4 N–H and O–H groups in total. The van der Waals surface area contributed by atoms with Gasteiger partial charge in [-0.05, 0) is 6.42 Å². The smallest absolute Gasteiger partial charge is 0.186 e. The average molecular weight is 381 g/mol. The van der Waals surface area contributed by atoms with Gasteiger partial charge in [-0.2, -0.15) is 12.6 Å². The number of unbranched alkanes of at least 4 members (excludes halogenated alkanes) is 7. The normalized spacial score (nSPS) is 31.2. The van der Waals surface area contributed by atoms with Crippen LogP contribution in [0.5, 0.6) is 0 Å². The SMILES string of the molecule is CCCCCCCCCCC(S)CO[C@H]1O[C@H](CO)[C@@H](O)[C@H](O)[C@H]1O. The fraction of sp³-hybridized carbons (Fsp3) is 1.00. The second-order valence-corrected chi connectivity index (χ2v) is 7.68. The van der Waals surface area contributed by atoms with E-state index >= 15 is 0 Å². The Balaban J connectivity index is 2.13. The fourth-order valence-corrected chi connectivity index (χ4v) is 3.28. The quantitative estimate of drug-likeness (QED) is 0.246. The summed E-state index contributed by atoms with van der Waals surface area (Å²) in [7, 11) is 0. The lowest BCUT2D eigenvalue weighted by atomic mass is 9.99. The highest BCUT2D eigenvalue weighted by molar-refractivity contribution is 7.81. The van der Waals surface area contributed by atoms with E-state index in [9.17, 15) is 15.3 Å². The molecule has 1 heterocycles. The summed E-state index contributed by atoms with van der Waals surface area (Å²) in [6, 6.07) is 0. The van der Waals surface area contributed by atoms with Crippen LogP contribution in [0.1, 0.15) is 64.7 Å². The van der Waals surface area contributed by atoms with E-state index in [1.807, 2.05) is 0 Å². The Hall–Kier alpha value is 0.110. The number of hydrogen-bond donors (Lipinski definition) is 5. The van der Waals surface area contributed by atoms with Crippen LogP contribution < -0.4 is 0 Å². The van der Waals surface area contributed by atoms with E-state index in [0.717, 1.165) is 12.8 Å². The first-order valence-corrected chi connectivity index (χ1v) is 10.1. The van der Waals surface area contributed by atoms with Crippen molar-refractivity contribution < 1.29 is 29.9 Å². The van der Waals surface area contributed by atoms with E-state index in [-0.39, 0.29) is 11.9 Å². The number of thiol groups is 1. The molecule has 1 saturated heterocycles. The molecule has 0 aliphatic carbocycles. The summed E-state index contributed by atoms with van der Waals surface area (Å²) in [4.78, 5) is 0. The van der Waals surface area contributed by atoms with Crippen molar-refractivity contribution >= 4 is 12.6 Å². The van der Waals surface area contributed by atoms with Crippen LogP contribution in [0.15, 0.2) is 0 Å². The average Bonchev–Trinajstić information content (AvgIpc) is 2.61. The first-order chi connectivity index (χ1) is 12.0. The van der Waals surface area contributed by atoms with E-state index in [1.54, 1.807) is 0 Å². The van der Waals surface area contributed by atoms with Crippen LogP contribution in [0.2, 0.25) is 0 Å². The van der Waals surface area contributed by atoms with Crippen molar-refractivity contribution in [1.29, 1.82) is 0 Å². The van der Waals surface area contributed by atoms with E-state index in [1.165, 1.54) is 44.9 Å². The van der Waals surface area contributed by atoms with E-state index < -0.39 is 37.3 Å². The highest BCUT2D eigenvalue weighted by atomic mass is 32.1. The molecule has 0 bridgehead atoms. The third-order valence-corrected chi connectivity index (χ3v) is 5.10. The van der Waals surface area contributed by atoms with Crippen molar-refractivity contribution in [2.24, 2.45) is 0 Å². The molecule has 150 valence electrons. The molecule has 0 radical (unpaired) electrons. The van der Waals surface area contributed by atoms with E-state index in [4.69, 9.17) is 14.6 Å². The number of aliphatic hydroxyl groups is 4. The van der Waals surface area contributed by atoms with Gasteiger partial charge in [0.05, 0.1) is 13.2 Å². The molecule has 1 unspecified atom stereocenters. The third kappa shape index (κ3) is 8.56. The zero-order valence-electron chi connectivity index (χ0n) is 15.3. The van der Waals surface area contributed by atoms with Crippen LogP contribution >= 0.6 is 12.6 Å². The van der Waals surface area contributed by atoms with Crippen LogP contribution in [0, 0.1) is 0 Å². The van der Waals surface area contributed by atoms with Crippen molar-refractivity contribution in [3.63, 3.8) is 0 Å². The van der Waals surface area contributed by atoms with Crippen molar-refractivity contribution in [3.8, 4) is 0 Å². The Bertz CT molecular complexity index is 331. The summed E-state index contributed by atoms with van der Waals surface area (Å²) in [6.07, 6.45) is 4.86. The van der Waals surface area contributed by atoms with E-state index in [0.29, 0.717) is 0 Å². The molecule has 6 atom stereocenters. The van der Waals surface area contributed by atoms with E-state index in [2.05, 4.69) is 19.6 Å². The molecule has 0 aromatic heterocycles. The molecule has 1 aliphatic rings. The highest BCUT2D eigenvalue weighted by Gasteiger charge is 2.44. The van der Waals surface area contributed by atoms with Gasteiger partial charge in [0.2, 0.25) is 0 Å². The lowest BCUT2D eigenvalue weighted by Gasteiger charge is -2.39. The number of hydrogen-bond acceptors (Lipinski definition) is 7. The van der Waals surface area contributed by atoms with Gasteiger partial charge in [0.1, 0.15) is 24.4 Å². The Kier molecular flexibility index (Phi) is 12.3. The second-order valence-electron chi connectivity index (χ2n) is 6.95. The van der Waals surface area contributed by atoms with Gasteiger partial charge < -0.3 is 29.9 Å². The van der Waals surface area contributed by atoms with Gasteiger partial charge >= 0.3 is 0 Å². The first kappa shape index (κ1) is 23.1. The zero-order valence-corrected chi connectivity index (χ0v) is 16.2.